The van der Waals surface area contributed by atoms with Gasteiger partial charge in [-0.1, -0.05) is 12.1 Å². The lowest BCUT2D eigenvalue weighted by Gasteiger charge is -2.17. The Morgan fingerprint density at radius 1 is 0.750 bits per heavy atom. The number of alkyl halides is 4. The van der Waals surface area contributed by atoms with E-state index in [0.717, 1.165) is 24.3 Å². The smallest absolute Gasteiger partial charge is 0.200 e. The van der Waals surface area contributed by atoms with Crippen LogP contribution in [0.1, 0.15) is 34.7 Å². The summed E-state index contributed by atoms with van der Waals surface area (Å²) in [7, 11) is 0. The van der Waals surface area contributed by atoms with Crippen molar-refractivity contribution in [2.24, 2.45) is 0 Å². The number of hydrogen-bond donors (Lipinski definition) is 0. The molecule has 2 aromatic rings. The maximum absolute atomic E-state index is 14.1. The molecule has 0 aliphatic rings. The Bertz CT molecular complexity index is 780. The predicted molar refractivity (Wildman–Crippen MR) is 93.9 cm³/mol. The van der Waals surface area contributed by atoms with E-state index in [4.69, 9.17) is 23.2 Å². The van der Waals surface area contributed by atoms with E-state index in [0.29, 0.717) is 12.1 Å². The molecule has 0 amide bonds. The van der Waals surface area contributed by atoms with Gasteiger partial charge in [-0.25, -0.2) is 26.3 Å². The standard InChI is InChI=1S/C19H14Cl2F6O/c20-13(11-3-1-9(22)5-15(11)24)7-17(26)19(28)18(27)8-14(21)12-4-2-10(23)6-16(12)25/h1-6,13-14,17-18H,7-8H2. The van der Waals surface area contributed by atoms with E-state index in [2.05, 4.69) is 0 Å². The van der Waals surface area contributed by atoms with E-state index in [1.807, 2.05) is 0 Å². The zero-order valence-corrected chi connectivity index (χ0v) is 15.6. The number of benzene rings is 2. The summed E-state index contributed by atoms with van der Waals surface area (Å²) in [5, 5.41) is -2.68. The van der Waals surface area contributed by atoms with Gasteiger partial charge in [0.15, 0.2) is 12.3 Å². The fraction of sp³-hybridized carbons (Fsp3) is 0.316. The lowest BCUT2D eigenvalue weighted by atomic mass is 9.98. The zero-order chi connectivity index (χ0) is 21.0. The second-order valence-electron chi connectivity index (χ2n) is 6.08. The van der Waals surface area contributed by atoms with Crippen molar-refractivity contribution in [3.63, 3.8) is 0 Å². The largest absolute Gasteiger partial charge is 0.293 e. The van der Waals surface area contributed by atoms with Crippen LogP contribution in [-0.2, 0) is 4.79 Å². The number of rotatable bonds is 8. The molecule has 4 atom stereocenters. The highest BCUT2D eigenvalue weighted by Gasteiger charge is 2.32. The molecule has 0 radical (unpaired) electrons. The third-order valence-electron chi connectivity index (χ3n) is 4.05. The molecule has 28 heavy (non-hydrogen) atoms. The molecule has 2 aromatic carbocycles. The van der Waals surface area contributed by atoms with Crippen molar-refractivity contribution in [2.75, 3.05) is 0 Å². The van der Waals surface area contributed by atoms with E-state index in [1.165, 1.54) is 0 Å². The van der Waals surface area contributed by atoms with Gasteiger partial charge in [-0.15, -0.1) is 23.2 Å². The normalized spacial score (nSPS) is 15.7. The van der Waals surface area contributed by atoms with Gasteiger partial charge >= 0.3 is 0 Å². The first-order valence-corrected chi connectivity index (χ1v) is 8.97. The highest BCUT2D eigenvalue weighted by atomic mass is 35.5. The zero-order valence-electron chi connectivity index (χ0n) is 14.1. The van der Waals surface area contributed by atoms with E-state index < -0.39 is 65.0 Å². The highest BCUT2D eigenvalue weighted by molar-refractivity contribution is 6.21. The van der Waals surface area contributed by atoms with Crippen molar-refractivity contribution in [1.82, 2.24) is 0 Å². The minimum absolute atomic E-state index is 0.238. The molecule has 9 heteroatoms. The SMILES string of the molecule is O=C(C(F)CC(Cl)c1ccc(F)cc1F)C(F)CC(Cl)c1ccc(F)cc1F. The van der Waals surface area contributed by atoms with Crippen molar-refractivity contribution in [3.05, 3.63) is 70.8 Å². The van der Waals surface area contributed by atoms with E-state index in [9.17, 15) is 31.1 Å². The Balaban J connectivity index is 1.99. The molecule has 0 spiro atoms. The molecule has 0 heterocycles. The van der Waals surface area contributed by atoms with Crippen LogP contribution >= 0.6 is 23.2 Å². The van der Waals surface area contributed by atoms with Gasteiger partial charge in [0.05, 0.1) is 10.8 Å². The summed E-state index contributed by atoms with van der Waals surface area (Å²) in [5.41, 5.74) is -0.477. The third kappa shape index (κ3) is 5.64. The second-order valence-corrected chi connectivity index (χ2v) is 7.13. The molecule has 1 nitrogen and oxygen atoms in total. The molecule has 0 fully saturated rings. The lowest BCUT2D eigenvalue weighted by molar-refractivity contribution is -0.129. The number of Topliss-reactive ketones (excluding diaryl/α,β-unsaturated/α-hetero) is 1. The molecule has 0 bridgehead atoms. The van der Waals surface area contributed by atoms with Crippen LogP contribution in [0.2, 0.25) is 0 Å². The molecule has 4 unspecified atom stereocenters. The average Bonchev–Trinajstić information content (AvgIpc) is 2.60. The molecular formula is C19H14Cl2F6O. The van der Waals surface area contributed by atoms with Crippen LogP contribution in [0.3, 0.4) is 0 Å². The molecule has 0 aliphatic heterocycles. The molecule has 0 saturated heterocycles. The number of carbonyl (C=O) groups excluding carboxylic acids is 1. The summed E-state index contributed by atoms with van der Waals surface area (Å²) in [4.78, 5) is 11.9. The molecule has 0 N–H and O–H groups in total. The van der Waals surface area contributed by atoms with Crippen LogP contribution in [0, 0.1) is 23.3 Å². The van der Waals surface area contributed by atoms with Gasteiger partial charge in [0, 0.05) is 36.1 Å². The van der Waals surface area contributed by atoms with Crippen LogP contribution in [0.25, 0.3) is 0 Å². The minimum Gasteiger partial charge on any atom is -0.293 e. The lowest BCUT2D eigenvalue weighted by Crippen LogP contribution is -2.28. The van der Waals surface area contributed by atoms with Gasteiger partial charge in [0.25, 0.3) is 0 Å². The fourth-order valence-electron chi connectivity index (χ4n) is 2.56. The number of ketones is 1. The molecular weight excluding hydrogens is 429 g/mol. The Hall–Kier alpha value is -1.73. The van der Waals surface area contributed by atoms with Crippen LogP contribution in [0.15, 0.2) is 36.4 Å². The Morgan fingerprint density at radius 2 is 1.11 bits per heavy atom. The van der Waals surface area contributed by atoms with Crippen LogP contribution < -0.4 is 0 Å². The van der Waals surface area contributed by atoms with Crippen LogP contribution in [0.5, 0.6) is 0 Å². The molecule has 0 saturated carbocycles. The first-order chi connectivity index (χ1) is 13.1. The van der Waals surface area contributed by atoms with E-state index in [1.54, 1.807) is 0 Å². The summed E-state index contributed by atoms with van der Waals surface area (Å²) in [6, 6.07) is 4.92. The fourth-order valence-corrected chi connectivity index (χ4v) is 3.22. The van der Waals surface area contributed by atoms with Crippen molar-refractivity contribution >= 4 is 29.0 Å². The maximum Gasteiger partial charge on any atom is 0.200 e. The van der Waals surface area contributed by atoms with Gasteiger partial charge in [0.1, 0.15) is 23.3 Å². The second kappa shape index (κ2) is 9.65. The third-order valence-corrected chi connectivity index (χ3v) is 4.87. The summed E-state index contributed by atoms with van der Waals surface area (Å²) in [5.74, 6) is -5.25. The first-order valence-electron chi connectivity index (χ1n) is 8.10. The molecule has 0 aliphatic carbocycles. The quantitative estimate of drug-likeness (QED) is 0.335. The minimum atomic E-state index is -2.39. The summed E-state index contributed by atoms with van der Waals surface area (Å²) in [6.07, 6.45) is -6.27. The van der Waals surface area contributed by atoms with Crippen molar-refractivity contribution in [1.29, 1.82) is 0 Å². The molecule has 2 rings (SSSR count). The average molecular weight is 443 g/mol. The van der Waals surface area contributed by atoms with Crippen LogP contribution in [-0.4, -0.2) is 18.1 Å². The summed E-state index contributed by atoms with van der Waals surface area (Å²) >= 11 is 11.7. The van der Waals surface area contributed by atoms with Gasteiger partial charge in [-0.3, -0.25) is 4.79 Å². The van der Waals surface area contributed by atoms with Gasteiger partial charge < -0.3 is 0 Å². The monoisotopic (exact) mass is 442 g/mol. The number of hydrogen-bond acceptors (Lipinski definition) is 1. The summed E-state index contributed by atoms with van der Waals surface area (Å²) in [6.45, 7) is 0. The highest BCUT2D eigenvalue weighted by Crippen LogP contribution is 2.33. The Kier molecular flexibility index (Phi) is 7.78. The number of carbonyl (C=O) groups is 1. The number of halogens is 8. The van der Waals surface area contributed by atoms with E-state index >= 15 is 0 Å². The first kappa shape index (κ1) is 22.6. The van der Waals surface area contributed by atoms with E-state index in [-0.39, 0.29) is 11.1 Å². The topological polar surface area (TPSA) is 17.1 Å². The van der Waals surface area contributed by atoms with Gasteiger partial charge in [0.2, 0.25) is 5.78 Å². The van der Waals surface area contributed by atoms with Gasteiger partial charge in [-0.05, 0) is 12.1 Å². The predicted octanol–water partition coefficient (Wildman–Crippen LogP) is 6.53. The van der Waals surface area contributed by atoms with Crippen LogP contribution in [0.4, 0.5) is 26.3 Å². The van der Waals surface area contributed by atoms with Crippen molar-refractivity contribution in [2.45, 2.75) is 35.9 Å². The molecule has 152 valence electrons. The maximum atomic E-state index is 14.1. The Labute approximate surface area is 167 Å². The van der Waals surface area contributed by atoms with Crippen molar-refractivity contribution in [3.8, 4) is 0 Å². The Morgan fingerprint density at radius 3 is 1.43 bits per heavy atom. The summed E-state index contributed by atoms with van der Waals surface area (Å²) < 4.78 is 81.4. The van der Waals surface area contributed by atoms with Crippen molar-refractivity contribution < 1.29 is 31.1 Å². The molecule has 0 aromatic heterocycles. The van der Waals surface area contributed by atoms with Gasteiger partial charge in [-0.2, -0.15) is 0 Å².